The van der Waals surface area contributed by atoms with Gasteiger partial charge in [0, 0.05) is 41.5 Å². The third-order valence-corrected chi connectivity index (χ3v) is 7.17. The van der Waals surface area contributed by atoms with Crippen molar-refractivity contribution >= 4 is 45.9 Å². The number of para-hydroxylation sites is 1. The number of ether oxygens (including phenoxy) is 1. The zero-order valence-corrected chi connectivity index (χ0v) is 20.6. The number of aromatic nitrogens is 1. The lowest BCUT2D eigenvalue weighted by atomic mass is 10.0. The largest absolute Gasteiger partial charge is 0.487 e. The van der Waals surface area contributed by atoms with Crippen LogP contribution < -0.4 is 4.74 Å². The normalized spacial score (nSPS) is 14.9. The first-order chi connectivity index (χ1) is 16.7. The molecule has 172 valence electrons. The highest BCUT2D eigenvalue weighted by molar-refractivity contribution is 7.99. The van der Waals surface area contributed by atoms with E-state index >= 15 is 0 Å². The molecule has 0 spiro atoms. The van der Waals surface area contributed by atoms with E-state index in [1.807, 2.05) is 48.2 Å². The van der Waals surface area contributed by atoms with Crippen LogP contribution in [0, 0.1) is 0 Å². The molecule has 0 atom stereocenters. The Morgan fingerprint density at radius 1 is 0.912 bits per heavy atom. The molecule has 1 aromatic heterocycles. The number of benzene rings is 3. The highest BCUT2D eigenvalue weighted by Gasteiger charge is 2.14. The standard InChI is InChI=1S/C29H27ClN2OS/c30-26-10-5-22(6-11-26)19-25(20-32-15-17-34-18-16-32)23-8-13-28(14-9-23)33-21-27-12-7-24-3-1-2-4-29(24)31-27/h1-14,19H,15-18,20-21H2/b25-19-. The Bertz CT molecular complexity index is 1270. The van der Waals surface area contributed by atoms with Gasteiger partial charge in [-0.2, -0.15) is 11.8 Å². The van der Waals surface area contributed by atoms with Gasteiger partial charge in [0.1, 0.15) is 12.4 Å². The molecule has 0 amide bonds. The molecule has 0 N–H and O–H groups in total. The average molecular weight is 487 g/mol. The first-order valence-corrected chi connectivity index (χ1v) is 13.1. The number of thioether (sulfide) groups is 1. The van der Waals surface area contributed by atoms with E-state index in [1.165, 1.54) is 22.6 Å². The van der Waals surface area contributed by atoms with Crippen molar-refractivity contribution in [2.45, 2.75) is 6.61 Å². The predicted molar refractivity (Wildman–Crippen MR) is 146 cm³/mol. The lowest BCUT2D eigenvalue weighted by molar-refractivity contribution is 0.302. The number of fused-ring (bicyclic) bond motifs is 1. The molecule has 1 aliphatic heterocycles. The van der Waals surface area contributed by atoms with Crippen molar-refractivity contribution in [3.8, 4) is 5.75 Å². The van der Waals surface area contributed by atoms with Crippen molar-refractivity contribution in [2.24, 2.45) is 0 Å². The van der Waals surface area contributed by atoms with Crippen LogP contribution in [0.15, 0.2) is 84.9 Å². The van der Waals surface area contributed by atoms with Crippen LogP contribution in [0.2, 0.25) is 5.02 Å². The summed E-state index contributed by atoms with van der Waals surface area (Å²) < 4.78 is 6.05. The van der Waals surface area contributed by atoms with Gasteiger partial charge in [-0.25, -0.2) is 4.98 Å². The van der Waals surface area contributed by atoms with Gasteiger partial charge in [-0.1, -0.05) is 60.1 Å². The lowest BCUT2D eigenvalue weighted by Gasteiger charge is -2.27. The maximum absolute atomic E-state index is 6.09. The maximum Gasteiger partial charge on any atom is 0.130 e. The average Bonchev–Trinajstić information content (AvgIpc) is 2.89. The van der Waals surface area contributed by atoms with E-state index in [2.05, 4.69) is 59.5 Å². The van der Waals surface area contributed by atoms with Crippen LogP contribution in [-0.4, -0.2) is 41.0 Å². The molecule has 34 heavy (non-hydrogen) atoms. The fraction of sp³-hybridized carbons (Fsp3) is 0.207. The summed E-state index contributed by atoms with van der Waals surface area (Å²) in [5, 5.41) is 1.90. The van der Waals surface area contributed by atoms with Gasteiger partial charge in [0.05, 0.1) is 11.2 Å². The third kappa shape index (κ3) is 6.01. The Kier molecular flexibility index (Phi) is 7.49. The molecule has 0 aliphatic carbocycles. The molecule has 0 saturated carbocycles. The van der Waals surface area contributed by atoms with Gasteiger partial charge in [0.15, 0.2) is 0 Å². The van der Waals surface area contributed by atoms with Crippen molar-refractivity contribution in [3.63, 3.8) is 0 Å². The summed E-state index contributed by atoms with van der Waals surface area (Å²) in [6.07, 6.45) is 2.27. The smallest absolute Gasteiger partial charge is 0.130 e. The number of halogens is 1. The minimum Gasteiger partial charge on any atom is -0.487 e. The number of nitrogens with zero attached hydrogens (tertiary/aromatic N) is 2. The zero-order valence-electron chi connectivity index (χ0n) is 19.0. The minimum atomic E-state index is 0.448. The van der Waals surface area contributed by atoms with Crippen LogP contribution in [0.5, 0.6) is 5.75 Å². The van der Waals surface area contributed by atoms with Crippen molar-refractivity contribution < 1.29 is 4.74 Å². The van der Waals surface area contributed by atoms with Gasteiger partial charge in [0.2, 0.25) is 0 Å². The molecule has 0 unspecified atom stereocenters. The fourth-order valence-electron chi connectivity index (χ4n) is 4.09. The molecule has 3 nitrogen and oxygen atoms in total. The van der Waals surface area contributed by atoms with Crippen LogP contribution in [0.3, 0.4) is 0 Å². The fourth-order valence-corrected chi connectivity index (χ4v) is 5.20. The van der Waals surface area contributed by atoms with E-state index in [0.717, 1.165) is 52.6 Å². The molecule has 1 aliphatic rings. The first-order valence-electron chi connectivity index (χ1n) is 11.6. The first kappa shape index (κ1) is 23.0. The maximum atomic E-state index is 6.09. The van der Waals surface area contributed by atoms with Gasteiger partial charge in [-0.05, 0) is 59.2 Å². The van der Waals surface area contributed by atoms with Crippen LogP contribution in [0.1, 0.15) is 16.8 Å². The summed E-state index contributed by atoms with van der Waals surface area (Å²) >= 11 is 8.13. The topological polar surface area (TPSA) is 25.4 Å². The summed E-state index contributed by atoms with van der Waals surface area (Å²) in [7, 11) is 0. The molecule has 5 heteroatoms. The molecule has 5 rings (SSSR count). The summed E-state index contributed by atoms with van der Waals surface area (Å²) in [6.45, 7) is 3.64. The van der Waals surface area contributed by atoms with Crippen LogP contribution in [-0.2, 0) is 6.61 Å². The highest BCUT2D eigenvalue weighted by Crippen LogP contribution is 2.25. The monoisotopic (exact) mass is 486 g/mol. The van der Waals surface area contributed by atoms with Crippen molar-refractivity contribution in [3.05, 3.63) is 107 Å². The van der Waals surface area contributed by atoms with Crippen molar-refractivity contribution in [1.82, 2.24) is 9.88 Å². The number of rotatable bonds is 7. The second-order valence-corrected chi connectivity index (χ2v) is 10.1. The minimum absolute atomic E-state index is 0.448. The SMILES string of the molecule is Clc1ccc(/C=C(/CN2CCSCC2)c2ccc(OCc3ccc4ccccc4n3)cc2)cc1. The van der Waals surface area contributed by atoms with Crippen LogP contribution >= 0.6 is 23.4 Å². The Balaban J connectivity index is 1.31. The van der Waals surface area contributed by atoms with Gasteiger partial charge in [-0.15, -0.1) is 0 Å². The second kappa shape index (κ2) is 11.1. The summed E-state index contributed by atoms with van der Waals surface area (Å²) in [4.78, 5) is 7.24. The van der Waals surface area contributed by atoms with E-state index in [0.29, 0.717) is 6.61 Å². The Labute approximate surface area is 210 Å². The van der Waals surface area contributed by atoms with Gasteiger partial charge < -0.3 is 4.74 Å². The van der Waals surface area contributed by atoms with E-state index in [1.54, 1.807) is 0 Å². The predicted octanol–water partition coefficient (Wildman–Crippen LogP) is 7.06. The number of hydrogen-bond donors (Lipinski definition) is 0. The van der Waals surface area contributed by atoms with E-state index in [4.69, 9.17) is 21.3 Å². The highest BCUT2D eigenvalue weighted by atomic mass is 35.5. The number of hydrogen-bond acceptors (Lipinski definition) is 4. The van der Waals surface area contributed by atoms with Crippen LogP contribution in [0.25, 0.3) is 22.6 Å². The molecule has 2 heterocycles. The molecular weight excluding hydrogens is 460 g/mol. The Morgan fingerprint density at radius 2 is 1.68 bits per heavy atom. The molecule has 0 radical (unpaired) electrons. The van der Waals surface area contributed by atoms with E-state index in [9.17, 15) is 0 Å². The zero-order chi connectivity index (χ0) is 23.2. The van der Waals surface area contributed by atoms with Gasteiger partial charge in [0.25, 0.3) is 0 Å². The Hall–Kier alpha value is -2.79. The Morgan fingerprint density at radius 3 is 2.47 bits per heavy atom. The van der Waals surface area contributed by atoms with Crippen molar-refractivity contribution in [1.29, 1.82) is 0 Å². The third-order valence-electron chi connectivity index (χ3n) is 5.98. The summed E-state index contributed by atoms with van der Waals surface area (Å²) in [5.74, 6) is 3.24. The molecule has 1 fully saturated rings. The summed E-state index contributed by atoms with van der Waals surface area (Å²) in [5.41, 5.74) is 5.59. The molecule has 4 aromatic rings. The van der Waals surface area contributed by atoms with Gasteiger partial charge >= 0.3 is 0 Å². The van der Waals surface area contributed by atoms with E-state index < -0.39 is 0 Å². The summed E-state index contributed by atoms with van der Waals surface area (Å²) in [6, 6.07) is 28.7. The number of pyridine rings is 1. The molecule has 0 bridgehead atoms. The van der Waals surface area contributed by atoms with Crippen molar-refractivity contribution in [2.75, 3.05) is 31.1 Å². The molecule has 1 saturated heterocycles. The second-order valence-electron chi connectivity index (χ2n) is 8.42. The quantitative estimate of drug-likeness (QED) is 0.261. The molecule has 3 aromatic carbocycles. The lowest BCUT2D eigenvalue weighted by Crippen LogP contribution is -2.33. The van der Waals surface area contributed by atoms with Crippen LogP contribution in [0.4, 0.5) is 0 Å². The van der Waals surface area contributed by atoms with E-state index in [-0.39, 0.29) is 0 Å². The molecular formula is C29H27ClN2OS. The van der Waals surface area contributed by atoms with Gasteiger partial charge in [-0.3, -0.25) is 4.90 Å².